The van der Waals surface area contributed by atoms with Crippen LogP contribution in [0.15, 0.2) is 42.5 Å². The minimum Gasteiger partial charge on any atom is -0.490 e. The summed E-state index contributed by atoms with van der Waals surface area (Å²) in [6, 6.07) is 14.8. The summed E-state index contributed by atoms with van der Waals surface area (Å²) in [5.41, 5.74) is 3.41. The molecule has 234 valence electrons. The lowest BCUT2D eigenvalue weighted by Gasteiger charge is -2.33. The monoisotopic (exact) mass is 597 g/mol. The zero-order valence-electron chi connectivity index (χ0n) is 26.9. The Balaban J connectivity index is 0.000000221. The van der Waals surface area contributed by atoms with Gasteiger partial charge in [-0.2, -0.15) is 0 Å². The molecule has 42 heavy (non-hydrogen) atoms. The number of aliphatic hydroxyl groups excluding tert-OH is 1. The van der Waals surface area contributed by atoms with Crippen LogP contribution in [0.3, 0.4) is 0 Å². The van der Waals surface area contributed by atoms with E-state index in [1.807, 2.05) is 33.8 Å². The summed E-state index contributed by atoms with van der Waals surface area (Å²) < 4.78 is 7.18. The molecule has 0 atom stereocenters. The summed E-state index contributed by atoms with van der Waals surface area (Å²) in [5.74, 6) is 0.973. The first-order chi connectivity index (χ1) is 20.5. The summed E-state index contributed by atoms with van der Waals surface area (Å²) in [6.45, 7) is 17.2. The lowest BCUT2D eigenvalue weighted by Crippen LogP contribution is -2.47. The molecule has 1 aliphatic carbocycles. The number of rotatable bonds is 7. The van der Waals surface area contributed by atoms with Crippen LogP contribution in [0.5, 0.6) is 5.75 Å². The van der Waals surface area contributed by atoms with Crippen molar-refractivity contribution >= 4 is 27.2 Å². The number of piperazine rings is 1. The number of aromatic nitrogens is 1. The molecule has 0 radical (unpaired) electrons. The smallest absolute Gasteiger partial charge is 0.124 e. The first kappa shape index (κ1) is 34.3. The highest BCUT2D eigenvalue weighted by atomic mass is 32.1. The van der Waals surface area contributed by atoms with Crippen LogP contribution in [0.4, 0.5) is 5.69 Å². The van der Waals surface area contributed by atoms with Gasteiger partial charge in [0, 0.05) is 77.7 Å². The predicted octanol–water partition coefficient (Wildman–Crippen LogP) is 6.36. The number of likely N-dealkylation sites (tertiary alicyclic amines) is 1. The van der Waals surface area contributed by atoms with Gasteiger partial charge in [-0.3, -0.25) is 4.90 Å². The maximum absolute atomic E-state index is 9.40. The Labute approximate surface area is 258 Å². The largest absolute Gasteiger partial charge is 0.490 e. The van der Waals surface area contributed by atoms with Crippen molar-refractivity contribution < 1.29 is 9.84 Å². The van der Waals surface area contributed by atoms with E-state index in [0.29, 0.717) is 6.10 Å². The molecule has 3 fully saturated rings. The molecule has 0 amide bonds. The van der Waals surface area contributed by atoms with Gasteiger partial charge in [-0.25, -0.2) is 4.98 Å². The minimum atomic E-state index is -0.0413. The average molecular weight is 598 g/mol. The van der Waals surface area contributed by atoms with Gasteiger partial charge in [0.15, 0.2) is 0 Å². The predicted molar refractivity (Wildman–Crippen MR) is 181 cm³/mol. The number of hydrogen-bond acceptors (Lipinski definition) is 8. The molecular formula is C34H55N5O2S. The first-order valence-electron chi connectivity index (χ1n) is 16.2. The van der Waals surface area contributed by atoms with E-state index < -0.39 is 0 Å². The molecule has 1 aromatic heterocycles. The molecule has 2 aromatic carbocycles. The van der Waals surface area contributed by atoms with Gasteiger partial charge in [0.05, 0.1) is 22.4 Å². The summed E-state index contributed by atoms with van der Waals surface area (Å²) in [6.07, 6.45) is 5.96. The quantitative estimate of drug-likeness (QED) is 0.329. The SMILES string of the molecule is CC.CC.CN(C)c1ccc(-c2nc3ccc(OC4CCC4)cc3s2)cc1.OC1CCN(CCN2CCNCC2)CC1. The van der Waals surface area contributed by atoms with Crippen LogP contribution in [0.1, 0.15) is 59.8 Å². The summed E-state index contributed by atoms with van der Waals surface area (Å²) in [4.78, 5) is 11.9. The Bertz CT molecular complexity index is 1130. The van der Waals surface area contributed by atoms with Crippen LogP contribution in [-0.2, 0) is 0 Å². The van der Waals surface area contributed by atoms with E-state index in [1.165, 1.54) is 61.4 Å². The zero-order valence-corrected chi connectivity index (χ0v) is 27.8. The minimum absolute atomic E-state index is 0.0413. The fourth-order valence-electron chi connectivity index (χ4n) is 5.05. The normalized spacial score (nSPS) is 18.0. The Morgan fingerprint density at radius 2 is 1.50 bits per heavy atom. The summed E-state index contributed by atoms with van der Waals surface area (Å²) in [7, 11) is 4.10. The van der Waals surface area contributed by atoms with Crippen molar-refractivity contribution in [2.75, 3.05) is 71.4 Å². The number of piperidine rings is 1. The maximum Gasteiger partial charge on any atom is 0.124 e. The van der Waals surface area contributed by atoms with Crippen molar-refractivity contribution in [3.63, 3.8) is 0 Å². The van der Waals surface area contributed by atoms with E-state index in [4.69, 9.17) is 9.72 Å². The number of thiazole rings is 1. The molecule has 7 nitrogen and oxygen atoms in total. The molecule has 1 saturated carbocycles. The highest BCUT2D eigenvalue weighted by molar-refractivity contribution is 7.21. The molecule has 8 heteroatoms. The lowest BCUT2D eigenvalue weighted by atomic mass is 9.96. The number of hydrogen-bond donors (Lipinski definition) is 2. The molecule has 2 aliphatic heterocycles. The summed E-state index contributed by atoms with van der Waals surface area (Å²) in [5, 5.41) is 13.8. The molecular weight excluding hydrogens is 542 g/mol. The summed E-state index contributed by atoms with van der Waals surface area (Å²) >= 11 is 1.73. The number of benzene rings is 2. The van der Waals surface area contributed by atoms with E-state index >= 15 is 0 Å². The maximum atomic E-state index is 9.40. The molecule has 3 aromatic rings. The number of aliphatic hydroxyl groups is 1. The van der Waals surface area contributed by atoms with Gasteiger partial charge in [0.2, 0.25) is 0 Å². The van der Waals surface area contributed by atoms with Gasteiger partial charge >= 0.3 is 0 Å². The second-order valence-corrected chi connectivity index (χ2v) is 12.0. The third-order valence-corrected chi connectivity index (χ3v) is 8.91. The molecule has 6 rings (SSSR count). The second kappa shape index (κ2) is 18.4. The van der Waals surface area contributed by atoms with E-state index in [2.05, 4.69) is 70.5 Å². The molecule has 0 spiro atoms. The molecule has 2 N–H and O–H groups in total. The number of anilines is 1. The number of nitrogens with one attached hydrogen (secondary N) is 1. The van der Waals surface area contributed by atoms with E-state index in [9.17, 15) is 5.11 Å². The second-order valence-electron chi connectivity index (χ2n) is 10.9. The first-order valence-corrected chi connectivity index (χ1v) is 17.0. The van der Waals surface area contributed by atoms with Gasteiger partial charge < -0.3 is 25.0 Å². The van der Waals surface area contributed by atoms with Gasteiger partial charge in [-0.15, -0.1) is 11.3 Å². The number of ether oxygens (including phenoxy) is 1. The molecule has 0 unspecified atom stereocenters. The molecule has 2 saturated heterocycles. The highest BCUT2D eigenvalue weighted by Crippen LogP contribution is 2.34. The van der Waals surface area contributed by atoms with Gasteiger partial charge in [0.1, 0.15) is 10.8 Å². The third-order valence-electron chi connectivity index (χ3n) is 7.84. The van der Waals surface area contributed by atoms with E-state index in [0.717, 1.165) is 55.3 Å². The lowest BCUT2D eigenvalue weighted by molar-refractivity contribution is 0.0757. The fourth-order valence-corrected chi connectivity index (χ4v) is 6.05. The van der Waals surface area contributed by atoms with Crippen molar-refractivity contribution in [2.45, 2.75) is 72.0 Å². The third kappa shape index (κ3) is 10.5. The van der Waals surface area contributed by atoms with Gasteiger partial charge in [-0.1, -0.05) is 27.7 Å². The highest BCUT2D eigenvalue weighted by Gasteiger charge is 2.20. The van der Waals surface area contributed by atoms with Crippen LogP contribution >= 0.6 is 11.3 Å². The Kier molecular flexibility index (Phi) is 15.0. The van der Waals surface area contributed by atoms with Crippen molar-refractivity contribution in [3.05, 3.63) is 42.5 Å². The van der Waals surface area contributed by atoms with Crippen molar-refractivity contribution in [3.8, 4) is 16.3 Å². The van der Waals surface area contributed by atoms with Crippen molar-refractivity contribution in [1.29, 1.82) is 0 Å². The average Bonchev–Trinajstić information content (AvgIpc) is 3.45. The topological polar surface area (TPSA) is 64.1 Å². The van der Waals surface area contributed by atoms with Gasteiger partial charge in [-0.05, 0) is 74.6 Å². The van der Waals surface area contributed by atoms with E-state index in [-0.39, 0.29) is 6.10 Å². The van der Waals surface area contributed by atoms with Crippen LogP contribution in [0.25, 0.3) is 20.8 Å². The van der Waals surface area contributed by atoms with Gasteiger partial charge in [0.25, 0.3) is 0 Å². The van der Waals surface area contributed by atoms with Crippen molar-refractivity contribution in [1.82, 2.24) is 20.1 Å². The Morgan fingerprint density at radius 3 is 2.07 bits per heavy atom. The molecule has 0 bridgehead atoms. The van der Waals surface area contributed by atoms with Crippen LogP contribution < -0.4 is 15.0 Å². The Morgan fingerprint density at radius 1 is 0.881 bits per heavy atom. The molecule has 3 aliphatic rings. The fraction of sp³-hybridized carbons (Fsp3) is 0.618. The van der Waals surface area contributed by atoms with E-state index in [1.54, 1.807) is 11.3 Å². The van der Waals surface area contributed by atoms with Crippen LogP contribution in [-0.4, -0.2) is 98.6 Å². The molecule has 3 heterocycles. The standard InChI is InChI=1S/C19H20N2OS.C11H23N3O.2C2H6/c1-21(2)14-8-6-13(7-9-14)19-20-17-11-10-16(12-18(17)23-19)22-15-4-3-5-15;15-11-1-5-13(6-2-11)9-10-14-7-3-12-4-8-14;2*1-2/h6-12,15H,3-5H2,1-2H3;11-12,15H,1-10H2;2*1-2H3. The van der Waals surface area contributed by atoms with Crippen LogP contribution in [0, 0.1) is 0 Å². The number of fused-ring (bicyclic) bond motifs is 1. The Hall–Kier alpha value is -2.23. The van der Waals surface area contributed by atoms with Crippen LogP contribution in [0.2, 0.25) is 0 Å². The zero-order chi connectivity index (χ0) is 30.3. The number of nitrogens with zero attached hydrogens (tertiary/aromatic N) is 4. The van der Waals surface area contributed by atoms with Crippen molar-refractivity contribution in [2.24, 2.45) is 0 Å².